The summed E-state index contributed by atoms with van der Waals surface area (Å²) in [6, 6.07) is 6.36. The molecule has 47 heavy (non-hydrogen) atoms. The van der Waals surface area contributed by atoms with Gasteiger partial charge in [0, 0.05) is 19.5 Å². The number of hydrogen-bond acceptors (Lipinski definition) is 5. The summed E-state index contributed by atoms with van der Waals surface area (Å²) < 4.78 is 141. The van der Waals surface area contributed by atoms with Crippen molar-refractivity contribution in [1.29, 1.82) is 0 Å². The van der Waals surface area contributed by atoms with Gasteiger partial charge < -0.3 is 14.2 Å². The largest absolute Gasteiger partial charge is 0.493 e. The minimum atomic E-state index is -6.73. The number of unbranched alkanes of at least 4 members (excludes halogenated alkanes) is 3. The average Bonchev–Trinajstić information content (AvgIpc) is 3.33. The van der Waals surface area contributed by atoms with Crippen molar-refractivity contribution in [1.82, 2.24) is 0 Å². The second-order valence-electron chi connectivity index (χ2n) is 13.0. The van der Waals surface area contributed by atoms with Gasteiger partial charge >= 0.3 is 24.1 Å². The molecule has 14 heteroatoms. The molecule has 3 aliphatic carbocycles. The highest BCUT2D eigenvalue weighted by Gasteiger charge is 2.85. The van der Waals surface area contributed by atoms with E-state index in [9.17, 15) is 39.5 Å². The first-order chi connectivity index (χ1) is 22.6. The number of rotatable bonds is 16. The van der Waals surface area contributed by atoms with E-state index in [4.69, 9.17) is 10.8 Å². The van der Waals surface area contributed by atoms with Gasteiger partial charge in [0.25, 0.3) is 0 Å². The van der Waals surface area contributed by atoms with Crippen molar-refractivity contribution in [3.05, 3.63) is 29.3 Å². The van der Waals surface area contributed by atoms with Crippen molar-refractivity contribution in [2.45, 2.75) is 121 Å². The van der Waals surface area contributed by atoms with Gasteiger partial charge in [-0.2, -0.15) is 39.5 Å². The molecule has 0 heterocycles. The Balaban J connectivity index is 1.24. The molecule has 2 fully saturated rings. The van der Waals surface area contributed by atoms with Gasteiger partial charge in [-0.15, -0.1) is 0 Å². The van der Waals surface area contributed by atoms with E-state index in [-0.39, 0.29) is 18.1 Å². The van der Waals surface area contributed by atoms with E-state index in [1.54, 1.807) is 0 Å². The lowest BCUT2D eigenvalue weighted by Gasteiger charge is -2.50. The fraction of sp³-hybridized carbons (Fsp3) is 0.818. The van der Waals surface area contributed by atoms with E-state index >= 15 is 0 Å². The van der Waals surface area contributed by atoms with E-state index in [0.717, 1.165) is 62.2 Å². The zero-order chi connectivity index (χ0) is 35.2. The SMILES string of the molecule is [2H]CCCCCCSSCCOc1ccc2c(c1)CCC1C2CCC2(C)C(OCCCOC(C(F)(F)F)(C(F)(F)F)C(F)(F)F)CCC12. The predicted octanol–water partition coefficient (Wildman–Crippen LogP) is 11.1. The Bertz CT molecular complexity index is 1130. The third kappa shape index (κ3) is 8.49. The summed E-state index contributed by atoms with van der Waals surface area (Å²) >= 11 is 0. The van der Waals surface area contributed by atoms with E-state index in [0.29, 0.717) is 37.7 Å². The van der Waals surface area contributed by atoms with Crippen LogP contribution in [0.15, 0.2) is 18.2 Å². The van der Waals surface area contributed by atoms with Crippen LogP contribution in [0, 0.1) is 17.3 Å². The molecule has 0 aliphatic heterocycles. The van der Waals surface area contributed by atoms with Crippen molar-refractivity contribution in [3.8, 4) is 5.75 Å². The maximum absolute atomic E-state index is 13.1. The van der Waals surface area contributed by atoms with Crippen molar-refractivity contribution in [3.63, 3.8) is 0 Å². The average molecular weight is 726 g/mol. The van der Waals surface area contributed by atoms with E-state index in [1.165, 1.54) is 24.0 Å². The summed E-state index contributed by atoms with van der Waals surface area (Å²) in [4.78, 5) is 0. The fourth-order valence-corrected chi connectivity index (χ4v) is 9.91. The Kier molecular flexibility index (Phi) is 12.6. The zero-order valence-corrected chi connectivity index (χ0v) is 28.1. The minimum absolute atomic E-state index is 0.242. The van der Waals surface area contributed by atoms with E-state index in [1.807, 2.05) is 27.7 Å². The molecule has 3 nitrogen and oxygen atoms in total. The maximum atomic E-state index is 13.1. The molecular formula is C33H45F9O3S2. The van der Waals surface area contributed by atoms with Gasteiger partial charge in [0.2, 0.25) is 0 Å². The quantitative estimate of drug-likeness (QED) is 0.0961. The Morgan fingerprint density at radius 3 is 2.26 bits per heavy atom. The molecule has 0 saturated heterocycles. The topological polar surface area (TPSA) is 27.7 Å². The Morgan fingerprint density at radius 2 is 1.55 bits per heavy atom. The highest BCUT2D eigenvalue weighted by atomic mass is 33.1. The van der Waals surface area contributed by atoms with Gasteiger partial charge in [-0.3, -0.25) is 0 Å². The molecule has 3 aliphatic rings. The lowest BCUT2D eigenvalue weighted by Crippen LogP contribution is -2.67. The molecule has 0 aromatic heterocycles. The number of ether oxygens (including phenoxy) is 3. The Hall–Kier alpha value is -0.990. The molecule has 1 aromatic rings. The van der Waals surface area contributed by atoms with Gasteiger partial charge in [0.1, 0.15) is 5.75 Å². The van der Waals surface area contributed by atoms with Crippen molar-refractivity contribution < 1.29 is 55.1 Å². The third-order valence-corrected chi connectivity index (χ3v) is 12.7. The summed E-state index contributed by atoms with van der Waals surface area (Å²) in [6.07, 6.45) is -11.4. The number of halogens is 9. The number of alkyl halides is 9. The van der Waals surface area contributed by atoms with Gasteiger partial charge in [0.05, 0.1) is 19.3 Å². The minimum Gasteiger partial charge on any atom is -0.493 e. The summed E-state index contributed by atoms with van der Waals surface area (Å²) in [6.45, 7) is 1.53. The van der Waals surface area contributed by atoms with Crippen LogP contribution in [-0.4, -0.2) is 61.6 Å². The van der Waals surface area contributed by atoms with Crippen LogP contribution in [-0.2, 0) is 15.9 Å². The predicted molar refractivity (Wildman–Crippen MR) is 167 cm³/mol. The first-order valence-electron chi connectivity index (χ1n) is 17.0. The van der Waals surface area contributed by atoms with Crippen molar-refractivity contribution in [2.24, 2.45) is 17.3 Å². The second-order valence-corrected chi connectivity index (χ2v) is 15.7. The Labute approximate surface area is 280 Å². The third-order valence-electron chi connectivity index (χ3n) is 10.2. The van der Waals surface area contributed by atoms with Crippen LogP contribution in [0.5, 0.6) is 5.75 Å². The van der Waals surface area contributed by atoms with Gasteiger partial charge in [-0.1, -0.05) is 60.7 Å². The van der Waals surface area contributed by atoms with Gasteiger partial charge in [-0.05, 0) is 97.8 Å². The van der Waals surface area contributed by atoms with E-state index < -0.39 is 37.2 Å². The lowest BCUT2D eigenvalue weighted by atomic mass is 9.55. The maximum Gasteiger partial charge on any atom is 0.435 e. The molecule has 4 rings (SSSR count). The van der Waals surface area contributed by atoms with Crippen LogP contribution in [0.25, 0.3) is 0 Å². The first kappa shape index (κ1) is 37.3. The van der Waals surface area contributed by atoms with Crippen LogP contribution in [0.2, 0.25) is 0 Å². The van der Waals surface area contributed by atoms with Crippen LogP contribution in [0.1, 0.15) is 96.4 Å². The molecule has 0 amide bonds. The molecule has 270 valence electrons. The lowest BCUT2D eigenvalue weighted by molar-refractivity contribution is -0.457. The van der Waals surface area contributed by atoms with Crippen LogP contribution in [0.4, 0.5) is 39.5 Å². The Morgan fingerprint density at radius 1 is 0.830 bits per heavy atom. The molecule has 2 saturated carbocycles. The molecular weight excluding hydrogens is 679 g/mol. The number of benzene rings is 1. The van der Waals surface area contributed by atoms with Crippen molar-refractivity contribution in [2.75, 3.05) is 31.3 Å². The standard InChI is InChI=1S/C33H45F9O3S2/c1-3-4-5-6-19-46-47-20-18-43-23-9-11-24-22(21-23)8-10-26-25(24)14-15-29(2)27(26)12-13-28(29)44-16-7-17-45-30(31(34,35)36,32(37,38)39)33(40,41)42/h9,11,21,25-28H,3-8,10,12-20H2,1-2H3/i1D. The summed E-state index contributed by atoms with van der Waals surface area (Å²) in [5.74, 6) is 3.97. The number of fused-ring (bicyclic) bond motifs is 5. The molecule has 5 unspecified atom stereocenters. The molecule has 0 spiro atoms. The van der Waals surface area contributed by atoms with Crippen LogP contribution >= 0.6 is 21.6 Å². The molecule has 0 radical (unpaired) electrons. The monoisotopic (exact) mass is 725 g/mol. The molecule has 0 bridgehead atoms. The van der Waals surface area contributed by atoms with Crippen LogP contribution in [0.3, 0.4) is 0 Å². The summed E-state index contributed by atoms with van der Waals surface area (Å²) in [7, 11) is 3.68. The highest BCUT2D eigenvalue weighted by molar-refractivity contribution is 8.76. The van der Waals surface area contributed by atoms with Gasteiger partial charge in [-0.25, -0.2) is 0 Å². The summed E-state index contributed by atoms with van der Waals surface area (Å²) in [5, 5.41) is 0. The molecule has 1 aromatic carbocycles. The fourth-order valence-electron chi connectivity index (χ4n) is 7.94. The molecule has 5 atom stereocenters. The number of aryl methyl sites for hydroxylation is 1. The van der Waals surface area contributed by atoms with Crippen molar-refractivity contribution >= 4 is 21.6 Å². The zero-order valence-electron chi connectivity index (χ0n) is 27.5. The normalized spacial score (nSPS) is 26.8. The van der Waals surface area contributed by atoms with Gasteiger partial charge in [0.15, 0.2) is 0 Å². The van der Waals surface area contributed by atoms with Crippen LogP contribution < -0.4 is 4.74 Å². The first-order valence-corrected chi connectivity index (χ1v) is 18.8. The smallest absolute Gasteiger partial charge is 0.435 e. The number of hydrogen-bond donors (Lipinski definition) is 0. The molecule has 0 N–H and O–H groups in total. The highest BCUT2D eigenvalue weighted by Crippen LogP contribution is 2.62. The van der Waals surface area contributed by atoms with E-state index in [2.05, 4.69) is 23.8 Å². The summed E-state index contributed by atoms with van der Waals surface area (Å²) in [5.41, 5.74) is -3.86. The second kappa shape index (κ2) is 15.9.